The molecule has 0 saturated heterocycles. The van der Waals surface area contributed by atoms with Crippen LogP contribution >= 0.6 is 11.8 Å². The molecule has 0 saturated carbocycles. The minimum atomic E-state index is -0.194. The second kappa shape index (κ2) is 8.19. The van der Waals surface area contributed by atoms with Crippen molar-refractivity contribution < 1.29 is 9.53 Å². The zero-order valence-corrected chi connectivity index (χ0v) is 10.3. The largest absolute Gasteiger partial charge is 0.453 e. The Labute approximate surface area is 101 Å². The van der Waals surface area contributed by atoms with Crippen LogP contribution in [0.2, 0.25) is 0 Å². The summed E-state index contributed by atoms with van der Waals surface area (Å²) in [6.45, 7) is 1.29. The van der Waals surface area contributed by atoms with E-state index in [-0.39, 0.29) is 5.30 Å². The molecule has 0 aliphatic rings. The van der Waals surface area contributed by atoms with Gasteiger partial charge in [0.1, 0.15) is 6.61 Å². The molecule has 0 spiro atoms. The van der Waals surface area contributed by atoms with Crippen LogP contribution in [-0.4, -0.2) is 24.6 Å². The highest BCUT2D eigenvalue weighted by Crippen LogP contribution is 2.09. The third-order valence-corrected chi connectivity index (χ3v) is 2.84. The number of hydrogen-bond donors (Lipinski definition) is 1. The lowest BCUT2D eigenvalue weighted by atomic mass is 10.2. The molecule has 16 heavy (non-hydrogen) atoms. The van der Waals surface area contributed by atoms with Crippen LogP contribution in [0.15, 0.2) is 30.3 Å². The fraction of sp³-hybridized carbons (Fsp3) is 0.417. The van der Waals surface area contributed by atoms with Crippen LogP contribution in [0.25, 0.3) is 0 Å². The van der Waals surface area contributed by atoms with Crippen LogP contribution in [-0.2, 0) is 11.3 Å². The Balaban J connectivity index is 2.11. The standard InChI is InChI=1S/C12H17NO2S/c1-13-8-5-9-16-12(14)15-10-11-6-3-2-4-7-11/h2-4,6-7,13H,5,8-10H2,1H3. The molecule has 0 aromatic heterocycles. The fourth-order valence-corrected chi connectivity index (χ4v) is 1.76. The smallest absolute Gasteiger partial charge is 0.367 e. The third kappa shape index (κ3) is 5.78. The van der Waals surface area contributed by atoms with E-state index < -0.39 is 0 Å². The summed E-state index contributed by atoms with van der Waals surface area (Å²) in [6.07, 6.45) is 0.974. The molecule has 0 fully saturated rings. The SMILES string of the molecule is CNCCCSC(=O)OCc1ccccc1. The van der Waals surface area contributed by atoms with Gasteiger partial charge in [-0.2, -0.15) is 0 Å². The third-order valence-electron chi connectivity index (χ3n) is 1.99. The predicted octanol–water partition coefficient (Wildman–Crippen LogP) is 2.67. The van der Waals surface area contributed by atoms with Gasteiger partial charge in [-0.25, -0.2) is 4.79 Å². The van der Waals surface area contributed by atoms with Gasteiger partial charge in [0.2, 0.25) is 0 Å². The van der Waals surface area contributed by atoms with Crippen molar-refractivity contribution in [2.24, 2.45) is 0 Å². The summed E-state index contributed by atoms with van der Waals surface area (Å²) in [6, 6.07) is 9.70. The van der Waals surface area contributed by atoms with Gasteiger partial charge in [-0.3, -0.25) is 0 Å². The number of carbonyl (C=O) groups excluding carboxylic acids is 1. The number of hydrogen-bond acceptors (Lipinski definition) is 4. The number of ether oxygens (including phenoxy) is 1. The first-order chi connectivity index (χ1) is 7.83. The van der Waals surface area contributed by atoms with E-state index in [1.54, 1.807) is 0 Å². The van der Waals surface area contributed by atoms with Crippen molar-refractivity contribution >= 4 is 17.1 Å². The highest BCUT2D eigenvalue weighted by Gasteiger charge is 2.03. The molecule has 0 bridgehead atoms. The molecule has 0 unspecified atom stereocenters. The van der Waals surface area contributed by atoms with Crippen molar-refractivity contribution in [2.45, 2.75) is 13.0 Å². The maximum absolute atomic E-state index is 11.3. The fourth-order valence-electron chi connectivity index (χ4n) is 1.16. The van der Waals surface area contributed by atoms with E-state index in [1.165, 1.54) is 11.8 Å². The predicted molar refractivity (Wildman–Crippen MR) is 67.6 cm³/mol. The maximum atomic E-state index is 11.3. The summed E-state index contributed by atoms with van der Waals surface area (Å²) in [5.74, 6) is 0.800. The van der Waals surface area contributed by atoms with Crippen LogP contribution in [0.3, 0.4) is 0 Å². The van der Waals surface area contributed by atoms with Crippen LogP contribution in [0.4, 0.5) is 4.79 Å². The average Bonchev–Trinajstić information content (AvgIpc) is 2.33. The van der Waals surface area contributed by atoms with Gasteiger partial charge in [-0.15, -0.1) is 0 Å². The van der Waals surface area contributed by atoms with Gasteiger partial charge in [0, 0.05) is 5.75 Å². The Hall–Kier alpha value is -1.00. The minimum absolute atomic E-state index is 0.194. The zero-order valence-electron chi connectivity index (χ0n) is 9.44. The first kappa shape index (κ1) is 13.1. The lowest BCUT2D eigenvalue weighted by Crippen LogP contribution is -2.09. The zero-order chi connectivity index (χ0) is 11.6. The van der Waals surface area contributed by atoms with Crippen molar-refractivity contribution in [1.29, 1.82) is 0 Å². The second-order valence-electron chi connectivity index (χ2n) is 3.33. The average molecular weight is 239 g/mol. The van der Waals surface area contributed by atoms with Gasteiger partial charge < -0.3 is 10.1 Å². The van der Waals surface area contributed by atoms with Gasteiger partial charge in [-0.05, 0) is 37.3 Å². The van der Waals surface area contributed by atoms with E-state index in [9.17, 15) is 4.79 Å². The molecule has 1 rings (SSSR count). The second-order valence-corrected chi connectivity index (χ2v) is 4.36. The van der Waals surface area contributed by atoms with Crippen LogP contribution in [0.5, 0.6) is 0 Å². The van der Waals surface area contributed by atoms with E-state index >= 15 is 0 Å². The number of benzene rings is 1. The molecule has 0 aliphatic carbocycles. The number of carbonyl (C=O) groups is 1. The highest BCUT2D eigenvalue weighted by molar-refractivity contribution is 8.13. The molecule has 0 aliphatic heterocycles. The van der Waals surface area contributed by atoms with Gasteiger partial charge in [0.15, 0.2) is 0 Å². The van der Waals surface area contributed by atoms with Gasteiger partial charge in [0.05, 0.1) is 0 Å². The monoisotopic (exact) mass is 239 g/mol. The van der Waals surface area contributed by atoms with E-state index in [1.807, 2.05) is 37.4 Å². The van der Waals surface area contributed by atoms with Gasteiger partial charge in [-0.1, -0.05) is 30.3 Å². The minimum Gasteiger partial charge on any atom is -0.453 e. The van der Waals surface area contributed by atoms with Gasteiger partial charge >= 0.3 is 5.30 Å². The number of rotatable bonds is 6. The van der Waals surface area contributed by atoms with Crippen molar-refractivity contribution in [3.05, 3.63) is 35.9 Å². The normalized spacial score (nSPS) is 10.1. The lowest BCUT2D eigenvalue weighted by Gasteiger charge is -2.04. The Kier molecular flexibility index (Phi) is 6.69. The Morgan fingerprint density at radius 1 is 1.38 bits per heavy atom. The van der Waals surface area contributed by atoms with E-state index in [0.717, 1.165) is 24.3 Å². The molecule has 0 atom stereocenters. The van der Waals surface area contributed by atoms with Crippen molar-refractivity contribution in [1.82, 2.24) is 5.32 Å². The highest BCUT2D eigenvalue weighted by atomic mass is 32.2. The van der Waals surface area contributed by atoms with Crippen LogP contribution in [0, 0.1) is 0 Å². The molecular weight excluding hydrogens is 222 g/mol. The molecule has 0 heterocycles. The molecule has 4 heteroatoms. The van der Waals surface area contributed by atoms with Gasteiger partial charge in [0.25, 0.3) is 0 Å². The van der Waals surface area contributed by atoms with E-state index in [2.05, 4.69) is 5.32 Å². The summed E-state index contributed by atoms with van der Waals surface area (Å²) >= 11 is 1.23. The van der Waals surface area contributed by atoms with Crippen LogP contribution < -0.4 is 5.32 Å². The summed E-state index contributed by atoms with van der Waals surface area (Å²) in [7, 11) is 1.90. The van der Waals surface area contributed by atoms with E-state index in [0.29, 0.717) is 6.61 Å². The van der Waals surface area contributed by atoms with Crippen molar-refractivity contribution in [3.63, 3.8) is 0 Å². The summed E-state index contributed by atoms with van der Waals surface area (Å²) in [4.78, 5) is 11.3. The number of nitrogens with one attached hydrogen (secondary N) is 1. The summed E-state index contributed by atoms with van der Waals surface area (Å²) in [5.41, 5.74) is 1.02. The molecule has 1 aromatic carbocycles. The lowest BCUT2D eigenvalue weighted by molar-refractivity contribution is 0.168. The topological polar surface area (TPSA) is 38.3 Å². The quantitative estimate of drug-likeness (QED) is 0.612. The molecule has 1 N–H and O–H groups in total. The molecule has 88 valence electrons. The molecule has 0 amide bonds. The summed E-state index contributed by atoms with van der Waals surface area (Å²) < 4.78 is 5.11. The first-order valence-corrected chi connectivity index (χ1v) is 6.29. The molecular formula is C12H17NO2S. The van der Waals surface area contributed by atoms with Crippen molar-refractivity contribution in [2.75, 3.05) is 19.3 Å². The maximum Gasteiger partial charge on any atom is 0.367 e. The Morgan fingerprint density at radius 2 is 2.12 bits per heavy atom. The van der Waals surface area contributed by atoms with E-state index in [4.69, 9.17) is 4.74 Å². The molecule has 0 radical (unpaired) electrons. The molecule has 3 nitrogen and oxygen atoms in total. The molecule has 1 aromatic rings. The summed E-state index contributed by atoms with van der Waals surface area (Å²) in [5, 5.41) is 2.84. The Morgan fingerprint density at radius 3 is 2.81 bits per heavy atom. The first-order valence-electron chi connectivity index (χ1n) is 5.31. The van der Waals surface area contributed by atoms with Crippen molar-refractivity contribution in [3.8, 4) is 0 Å². The number of thioether (sulfide) groups is 1. The Bertz CT molecular complexity index is 303. The van der Waals surface area contributed by atoms with Crippen LogP contribution in [0.1, 0.15) is 12.0 Å².